The van der Waals surface area contributed by atoms with Crippen LogP contribution in [0.5, 0.6) is 0 Å². The zero-order chi connectivity index (χ0) is 19.2. The fourth-order valence-corrected chi connectivity index (χ4v) is 2.60. The van der Waals surface area contributed by atoms with Crippen LogP contribution in [0, 0.1) is 5.82 Å². The van der Waals surface area contributed by atoms with Gasteiger partial charge in [-0.1, -0.05) is 6.07 Å². The molecule has 9 heteroatoms. The van der Waals surface area contributed by atoms with E-state index in [0.717, 1.165) is 6.07 Å². The third-order valence-electron chi connectivity index (χ3n) is 4.72. The molecule has 1 aromatic carbocycles. The van der Waals surface area contributed by atoms with Crippen molar-refractivity contribution in [3.8, 4) is 0 Å². The summed E-state index contributed by atoms with van der Waals surface area (Å²) in [5.74, 6) is -3.66. The van der Waals surface area contributed by atoms with E-state index in [1.54, 1.807) is 27.7 Å². The minimum absolute atomic E-state index is 0.00498. The Hall–Kier alpha value is -1.61. The predicted octanol–water partition coefficient (Wildman–Crippen LogP) is 4.03. The normalized spacial score (nSPS) is 20.6. The van der Waals surface area contributed by atoms with Gasteiger partial charge in [0.1, 0.15) is 5.82 Å². The van der Waals surface area contributed by atoms with Crippen molar-refractivity contribution in [3.63, 3.8) is 0 Å². The molecule has 0 radical (unpaired) electrons. The van der Waals surface area contributed by atoms with Gasteiger partial charge in [0.05, 0.1) is 23.2 Å². The number of carboxylic acids is 1. The van der Waals surface area contributed by atoms with Crippen molar-refractivity contribution in [3.05, 3.63) is 35.1 Å². The van der Waals surface area contributed by atoms with Gasteiger partial charge in [-0.3, -0.25) is 4.79 Å². The maximum atomic E-state index is 13.5. The third kappa shape index (κ3) is 3.98. The quantitative estimate of drug-likeness (QED) is 0.649. The lowest BCUT2D eigenvalue weighted by atomic mass is 9.66. The third-order valence-corrected chi connectivity index (χ3v) is 4.72. The lowest BCUT2D eigenvalue weighted by Gasteiger charge is -2.32. The van der Waals surface area contributed by atoms with Crippen LogP contribution >= 0.6 is 0 Å². The molecule has 1 N–H and O–H groups in total. The number of rotatable bonds is 4. The molecule has 0 aromatic heterocycles. The maximum Gasteiger partial charge on any atom is 0.466 e. The lowest BCUT2D eigenvalue weighted by Crippen LogP contribution is -2.41. The molecule has 1 atom stereocenters. The molecular formula is C16H19BF4O4. The number of hydrogen-bond donors (Lipinski definition) is 1. The van der Waals surface area contributed by atoms with Crippen molar-refractivity contribution < 1.29 is 36.8 Å². The minimum atomic E-state index is -4.89. The SMILES string of the molecule is CC1(C)OB(C(CC(=O)O)c2ccc(F)c(C(F)(F)F)c2)OC1(C)C. The van der Waals surface area contributed by atoms with Crippen LogP contribution in [-0.2, 0) is 20.3 Å². The van der Waals surface area contributed by atoms with Gasteiger partial charge in [0.15, 0.2) is 0 Å². The summed E-state index contributed by atoms with van der Waals surface area (Å²) in [4.78, 5) is 11.2. The average Bonchev–Trinajstić information content (AvgIpc) is 2.64. The summed E-state index contributed by atoms with van der Waals surface area (Å²) in [7, 11) is -1.06. The van der Waals surface area contributed by atoms with Crippen LogP contribution < -0.4 is 0 Å². The molecule has 0 spiro atoms. The van der Waals surface area contributed by atoms with Gasteiger partial charge in [0.25, 0.3) is 0 Å². The Kier molecular flexibility index (Phi) is 4.95. The zero-order valence-corrected chi connectivity index (χ0v) is 14.3. The van der Waals surface area contributed by atoms with E-state index >= 15 is 0 Å². The van der Waals surface area contributed by atoms with Gasteiger partial charge < -0.3 is 14.4 Å². The molecule has 138 valence electrons. The fourth-order valence-electron chi connectivity index (χ4n) is 2.60. The van der Waals surface area contributed by atoms with E-state index in [9.17, 15) is 22.4 Å². The molecule has 0 saturated carbocycles. The molecule has 1 unspecified atom stereocenters. The van der Waals surface area contributed by atoms with Crippen molar-refractivity contribution >= 4 is 13.1 Å². The van der Waals surface area contributed by atoms with E-state index in [-0.39, 0.29) is 5.56 Å². The van der Waals surface area contributed by atoms with Gasteiger partial charge >= 0.3 is 19.3 Å². The van der Waals surface area contributed by atoms with Gasteiger partial charge in [-0.15, -0.1) is 0 Å². The van der Waals surface area contributed by atoms with Crippen LogP contribution in [0.4, 0.5) is 17.6 Å². The Morgan fingerprint density at radius 1 is 1.20 bits per heavy atom. The summed E-state index contributed by atoms with van der Waals surface area (Å²) >= 11 is 0. The monoisotopic (exact) mass is 362 g/mol. The van der Waals surface area contributed by atoms with E-state index in [1.165, 1.54) is 0 Å². The highest BCUT2D eigenvalue weighted by Gasteiger charge is 2.54. The number of aliphatic carboxylic acids is 1. The summed E-state index contributed by atoms with van der Waals surface area (Å²) in [6, 6.07) is 2.43. The molecule has 1 aliphatic heterocycles. The first kappa shape index (κ1) is 19.7. The molecule has 4 nitrogen and oxygen atoms in total. The number of halogens is 4. The molecule has 1 aromatic rings. The molecule has 1 fully saturated rings. The number of carboxylic acid groups (broad SMARTS) is 1. The molecule has 25 heavy (non-hydrogen) atoms. The van der Waals surface area contributed by atoms with Gasteiger partial charge in [0.2, 0.25) is 0 Å². The molecule has 2 rings (SSSR count). The Morgan fingerprint density at radius 2 is 1.72 bits per heavy atom. The van der Waals surface area contributed by atoms with Crippen LogP contribution in [0.2, 0.25) is 0 Å². The predicted molar refractivity (Wildman–Crippen MR) is 82.5 cm³/mol. The van der Waals surface area contributed by atoms with Gasteiger partial charge in [-0.25, -0.2) is 4.39 Å². The highest BCUT2D eigenvalue weighted by molar-refractivity contribution is 6.48. The second-order valence-electron chi connectivity index (χ2n) is 7.07. The largest absolute Gasteiger partial charge is 0.481 e. The van der Waals surface area contributed by atoms with Crippen LogP contribution in [0.15, 0.2) is 18.2 Å². The number of carbonyl (C=O) groups is 1. The number of alkyl halides is 3. The molecule has 1 aliphatic rings. The lowest BCUT2D eigenvalue weighted by molar-refractivity contribution is -0.140. The molecule has 1 heterocycles. The molecule has 0 aliphatic carbocycles. The van der Waals surface area contributed by atoms with E-state index in [4.69, 9.17) is 14.4 Å². The topological polar surface area (TPSA) is 55.8 Å². The first-order valence-corrected chi connectivity index (χ1v) is 7.69. The van der Waals surface area contributed by atoms with Crippen molar-refractivity contribution in [2.24, 2.45) is 0 Å². The van der Waals surface area contributed by atoms with E-state index in [0.29, 0.717) is 12.1 Å². The average molecular weight is 362 g/mol. The summed E-state index contributed by atoms with van der Waals surface area (Å²) < 4.78 is 63.9. The Bertz CT molecular complexity index is 657. The summed E-state index contributed by atoms with van der Waals surface area (Å²) in [6.45, 7) is 6.99. The van der Waals surface area contributed by atoms with Crippen molar-refractivity contribution in [1.29, 1.82) is 0 Å². The van der Waals surface area contributed by atoms with Gasteiger partial charge in [-0.05, 0) is 45.4 Å². The number of benzene rings is 1. The highest BCUT2D eigenvalue weighted by atomic mass is 19.4. The van der Waals surface area contributed by atoms with Crippen molar-refractivity contribution in [1.82, 2.24) is 0 Å². The van der Waals surface area contributed by atoms with Crippen LogP contribution in [0.3, 0.4) is 0 Å². The second-order valence-corrected chi connectivity index (χ2v) is 7.07. The molecule has 0 bridgehead atoms. The second kappa shape index (κ2) is 6.28. The first-order chi connectivity index (χ1) is 11.2. The Morgan fingerprint density at radius 3 is 2.16 bits per heavy atom. The van der Waals surface area contributed by atoms with E-state index in [1.807, 2.05) is 0 Å². The maximum absolute atomic E-state index is 13.5. The first-order valence-electron chi connectivity index (χ1n) is 7.69. The van der Waals surface area contributed by atoms with Crippen LogP contribution in [0.1, 0.15) is 51.1 Å². The van der Waals surface area contributed by atoms with Crippen LogP contribution in [0.25, 0.3) is 0 Å². The Balaban J connectivity index is 2.45. The van der Waals surface area contributed by atoms with Gasteiger partial charge in [-0.2, -0.15) is 13.2 Å². The van der Waals surface area contributed by atoms with Crippen molar-refractivity contribution in [2.45, 2.75) is 57.3 Å². The fraction of sp³-hybridized carbons (Fsp3) is 0.562. The summed E-state index contributed by atoms with van der Waals surface area (Å²) in [5.41, 5.74) is -3.01. The smallest absolute Gasteiger partial charge is 0.466 e. The molecular weight excluding hydrogens is 343 g/mol. The van der Waals surface area contributed by atoms with E-state index < -0.39 is 54.1 Å². The van der Waals surface area contributed by atoms with E-state index in [2.05, 4.69) is 0 Å². The Labute approximate surface area is 143 Å². The number of hydrogen-bond acceptors (Lipinski definition) is 3. The summed E-state index contributed by atoms with van der Waals surface area (Å²) in [6.07, 6.45) is -5.40. The minimum Gasteiger partial charge on any atom is -0.481 e. The van der Waals surface area contributed by atoms with Gasteiger partial charge in [0, 0.05) is 5.82 Å². The molecule has 1 saturated heterocycles. The van der Waals surface area contributed by atoms with Crippen molar-refractivity contribution in [2.75, 3.05) is 0 Å². The summed E-state index contributed by atoms with van der Waals surface area (Å²) in [5, 5.41) is 9.14. The molecule has 0 amide bonds. The highest BCUT2D eigenvalue weighted by Crippen LogP contribution is 2.42. The standard InChI is InChI=1S/C16H19BF4O4/c1-14(2)15(3,4)25-17(24-14)11(8-13(22)23)9-5-6-12(18)10(7-9)16(19,20)21/h5-7,11H,8H2,1-4H3,(H,22,23). The zero-order valence-electron chi connectivity index (χ0n) is 14.3. The van der Waals surface area contributed by atoms with Crippen LogP contribution in [-0.4, -0.2) is 29.4 Å².